The predicted octanol–water partition coefficient (Wildman–Crippen LogP) is 3.83. The van der Waals surface area contributed by atoms with E-state index in [2.05, 4.69) is 38.4 Å². The van der Waals surface area contributed by atoms with Crippen LogP contribution >= 0.6 is 0 Å². The molecule has 7 nitrogen and oxygen atoms in total. The molecule has 170 valence electrons. The number of urea groups is 1. The number of rotatable bonds is 9. The van der Waals surface area contributed by atoms with E-state index >= 15 is 0 Å². The lowest BCUT2D eigenvalue weighted by molar-refractivity contribution is 0.0276. The van der Waals surface area contributed by atoms with Crippen LogP contribution in [0.5, 0.6) is 0 Å². The number of carbonyl (C=O) groups excluding carboxylic acids is 1. The fraction of sp³-hybridized carbons (Fsp3) is 0.625. The zero-order valence-corrected chi connectivity index (χ0v) is 18.5. The number of anilines is 1. The summed E-state index contributed by atoms with van der Waals surface area (Å²) in [6.45, 7) is 7.01. The Morgan fingerprint density at radius 1 is 1.10 bits per heavy atom. The number of hydrogen-bond donors (Lipinski definition) is 2. The summed E-state index contributed by atoms with van der Waals surface area (Å²) in [6.07, 6.45) is 9.68. The molecule has 0 unspecified atom stereocenters. The highest BCUT2D eigenvalue weighted by Gasteiger charge is 2.13. The molecule has 2 aliphatic rings. The van der Waals surface area contributed by atoms with Crippen LogP contribution in [0, 0.1) is 0 Å². The molecule has 2 N–H and O–H groups in total. The third-order valence-electron chi connectivity index (χ3n) is 6.30. The van der Waals surface area contributed by atoms with E-state index in [-0.39, 0.29) is 6.03 Å². The number of morpholine rings is 1. The monoisotopic (exact) mass is 428 g/mol. The zero-order valence-electron chi connectivity index (χ0n) is 18.5. The topological polar surface area (TPSA) is 67.8 Å². The summed E-state index contributed by atoms with van der Waals surface area (Å²) < 4.78 is 13.6. The van der Waals surface area contributed by atoms with E-state index in [1.54, 1.807) is 0 Å². The molecule has 1 aliphatic heterocycles. The number of ether oxygens (including phenoxy) is 2. The second-order valence-corrected chi connectivity index (χ2v) is 8.60. The molecular formula is C24H36N4O3. The second-order valence-electron chi connectivity index (χ2n) is 8.60. The molecule has 31 heavy (non-hydrogen) atoms. The van der Waals surface area contributed by atoms with Crippen LogP contribution in [0.1, 0.15) is 38.5 Å². The van der Waals surface area contributed by atoms with Crippen molar-refractivity contribution in [1.82, 2.24) is 14.8 Å². The molecule has 1 saturated heterocycles. The van der Waals surface area contributed by atoms with E-state index in [1.807, 2.05) is 12.1 Å². The first-order valence-corrected chi connectivity index (χ1v) is 11.8. The first kappa shape index (κ1) is 22.1. The predicted molar refractivity (Wildman–Crippen MR) is 124 cm³/mol. The molecule has 4 rings (SSSR count). The van der Waals surface area contributed by atoms with E-state index < -0.39 is 0 Å². The Hall–Kier alpha value is -2.09. The van der Waals surface area contributed by atoms with Gasteiger partial charge in [0.05, 0.1) is 19.3 Å². The zero-order chi connectivity index (χ0) is 21.3. The highest BCUT2D eigenvalue weighted by molar-refractivity contribution is 5.92. The molecule has 0 atom stereocenters. The van der Waals surface area contributed by atoms with Crippen LogP contribution < -0.4 is 10.6 Å². The molecule has 1 aromatic carbocycles. The number of nitrogens with zero attached hydrogens (tertiary/aromatic N) is 2. The van der Waals surface area contributed by atoms with Gasteiger partial charge in [0, 0.05) is 62.1 Å². The fourth-order valence-electron chi connectivity index (χ4n) is 4.48. The third kappa shape index (κ3) is 6.69. The highest BCUT2D eigenvalue weighted by atomic mass is 16.5. The van der Waals surface area contributed by atoms with E-state index in [0.29, 0.717) is 12.6 Å². The average molecular weight is 429 g/mol. The van der Waals surface area contributed by atoms with Crippen molar-refractivity contribution in [3.05, 3.63) is 30.5 Å². The lowest BCUT2D eigenvalue weighted by Gasteiger charge is -2.26. The van der Waals surface area contributed by atoms with Gasteiger partial charge in [-0.3, -0.25) is 4.90 Å². The normalized spacial score (nSPS) is 18.3. The summed E-state index contributed by atoms with van der Waals surface area (Å²) in [7, 11) is 0. The summed E-state index contributed by atoms with van der Waals surface area (Å²) in [5.74, 6) is 0. The van der Waals surface area contributed by atoms with Gasteiger partial charge in [-0.15, -0.1) is 0 Å². The molecule has 0 spiro atoms. The minimum absolute atomic E-state index is 0.163. The van der Waals surface area contributed by atoms with Gasteiger partial charge < -0.3 is 24.7 Å². The van der Waals surface area contributed by atoms with Crippen molar-refractivity contribution >= 4 is 22.6 Å². The van der Waals surface area contributed by atoms with E-state index in [9.17, 15) is 4.79 Å². The van der Waals surface area contributed by atoms with Gasteiger partial charge in [-0.1, -0.05) is 19.3 Å². The second kappa shape index (κ2) is 11.5. The highest BCUT2D eigenvalue weighted by Crippen LogP contribution is 2.21. The number of aromatic nitrogens is 1. The van der Waals surface area contributed by atoms with Gasteiger partial charge in [0.1, 0.15) is 0 Å². The Bertz CT molecular complexity index is 825. The van der Waals surface area contributed by atoms with Crippen LogP contribution in [0.15, 0.2) is 30.5 Å². The molecule has 1 aliphatic carbocycles. The number of benzene rings is 1. The molecule has 2 fully saturated rings. The largest absolute Gasteiger partial charge is 0.379 e. The first-order chi connectivity index (χ1) is 15.3. The quantitative estimate of drug-likeness (QED) is 0.596. The lowest BCUT2D eigenvalue weighted by atomic mass is 9.98. The number of carbonyl (C=O) groups is 1. The molecule has 1 aromatic heterocycles. The van der Waals surface area contributed by atoms with Crippen LogP contribution in [-0.4, -0.2) is 67.6 Å². The number of amides is 2. The van der Waals surface area contributed by atoms with Crippen molar-refractivity contribution in [2.24, 2.45) is 0 Å². The smallest absolute Gasteiger partial charge is 0.319 e. The molecule has 2 aromatic rings. The number of fused-ring (bicyclic) bond motifs is 1. The van der Waals surface area contributed by atoms with Gasteiger partial charge in [0.25, 0.3) is 0 Å². The van der Waals surface area contributed by atoms with Gasteiger partial charge in [0.15, 0.2) is 0 Å². The molecule has 0 bridgehead atoms. The van der Waals surface area contributed by atoms with Crippen molar-refractivity contribution in [3.63, 3.8) is 0 Å². The van der Waals surface area contributed by atoms with Gasteiger partial charge in [-0.25, -0.2) is 4.79 Å². The van der Waals surface area contributed by atoms with Crippen LogP contribution in [0.2, 0.25) is 0 Å². The van der Waals surface area contributed by atoms with Gasteiger partial charge in [-0.05, 0) is 43.5 Å². The van der Waals surface area contributed by atoms with E-state index in [0.717, 1.165) is 63.5 Å². The standard InChI is InChI=1S/C24H36N4O3/c29-24(25-10-4-16-31-22-5-2-1-3-6-22)26-21-7-8-23-20(19-21)9-11-28(23)13-12-27-14-17-30-18-15-27/h7-9,11,19,22H,1-6,10,12-18H2,(H2,25,26,29). The Kier molecular flexibility index (Phi) is 8.21. The molecule has 2 amide bonds. The summed E-state index contributed by atoms with van der Waals surface area (Å²) in [5, 5.41) is 7.01. The Morgan fingerprint density at radius 3 is 2.77 bits per heavy atom. The van der Waals surface area contributed by atoms with Crippen molar-refractivity contribution < 1.29 is 14.3 Å². The first-order valence-electron chi connectivity index (χ1n) is 11.8. The third-order valence-corrected chi connectivity index (χ3v) is 6.30. The van der Waals surface area contributed by atoms with Crippen LogP contribution in [-0.2, 0) is 16.0 Å². The minimum Gasteiger partial charge on any atom is -0.379 e. The number of nitrogens with one attached hydrogen (secondary N) is 2. The minimum atomic E-state index is -0.163. The molecule has 7 heteroatoms. The van der Waals surface area contributed by atoms with Crippen molar-refractivity contribution in [3.8, 4) is 0 Å². The van der Waals surface area contributed by atoms with Crippen molar-refractivity contribution in [2.75, 3.05) is 51.3 Å². The average Bonchev–Trinajstić information content (AvgIpc) is 3.21. The summed E-state index contributed by atoms with van der Waals surface area (Å²) in [5.41, 5.74) is 2.01. The van der Waals surface area contributed by atoms with E-state index in [4.69, 9.17) is 9.47 Å². The maximum Gasteiger partial charge on any atom is 0.319 e. The molecular weight excluding hydrogens is 392 g/mol. The van der Waals surface area contributed by atoms with Crippen molar-refractivity contribution in [2.45, 2.75) is 51.2 Å². The Morgan fingerprint density at radius 2 is 1.94 bits per heavy atom. The lowest BCUT2D eigenvalue weighted by Crippen LogP contribution is -2.38. The summed E-state index contributed by atoms with van der Waals surface area (Å²) >= 11 is 0. The van der Waals surface area contributed by atoms with Crippen LogP contribution in [0.25, 0.3) is 10.9 Å². The van der Waals surface area contributed by atoms with Gasteiger partial charge >= 0.3 is 6.03 Å². The van der Waals surface area contributed by atoms with Gasteiger partial charge in [-0.2, -0.15) is 0 Å². The van der Waals surface area contributed by atoms with Crippen molar-refractivity contribution in [1.29, 1.82) is 0 Å². The number of hydrogen-bond acceptors (Lipinski definition) is 4. The Labute approximate surface area is 185 Å². The van der Waals surface area contributed by atoms with Gasteiger partial charge in [0.2, 0.25) is 0 Å². The van der Waals surface area contributed by atoms with Crippen LogP contribution in [0.3, 0.4) is 0 Å². The van der Waals surface area contributed by atoms with E-state index in [1.165, 1.54) is 37.6 Å². The molecule has 2 heterocycles. The van der Waals surface area contributed by atoms with Crippen LogP contribution in [0.4, 0.5) is 10.5 Å². The molecule has 1 saturated carbocycles. The Balaban J connectivity index is 1.18. The SMILES string of the molecule is O=C(NCCCOC1CCCCC1)Nc1ccc2c(ccn2CCN2CCOCC2)c1. The summed E-state index contributed by atoms with van der Waals surface area (Å²) in [4.78, 5) is 14.7. The maximum absolute atomic E-state index is 12.2. The maximum atomic E-state index is 12.2. The summed E-state index contributed by atoms with van der Waals surface area (Å²) in [6, 6.07) is 8.04. The fourth-order valence-corrected chi connectivity index (χ4v) is 4.48. The molecule has 0 radical (unpaired) electrons.